The van der Waals surface area contributed by atoms with Gasteiger partial charge >= 0.3 is 0 Å². The van der Waals surface area contributed by atoms with Crippen LogP contribution in [0.2, 0.25) is 5.02 Å². The van der Waals surface area contributed by atoms with Gasteiger partial charge in [0.2, 0.25) is 10.0 Å². The Kier molecular flexibility index (Phi) is 4.48. The largest absolute Gasteiger partial charge is 0.383 e. The van der Waals surface area contributed by atoms with E-state index < -0.39 is 10.0 Å². The number of pyridine rings is 1. The molecule has 1 heterocycles. The highest BCUT2D eigenvalue weighted by Gasteiger charge is 2.18. The Morgan fingerprint density at radius 1 is 1.50 bits per heavy atom. The van der Waals surface area contributed by atoms with E-state index in [4.69, 9.17) is 17.3 Å². The predicted octanol–water partition coefficient (Wildman–Crippen LogP) is -0.185. The summed E-state index contributed by atoms with van der Waals surface area (Å²) in [6.45, 7) is 0.790. The number of nitrogen functional groups attached to an aromatic ring is 1. The Morgan fingerprint density at radius 2 is 2.19 bits per heavy atom. The predicted molar refractivity (Wildman–Crippen MR) is 62.8 cm³/mol. The third-order valence-electron chi connectivity index (χ3n) is 1.80. The summed E-state index contributed by atoms with van der Waals surface area (Å²) in [6, 6.07) is 1.27. The van der Waals surface area contributed by atoms with Gasteiger partial charge < -0.3 is 11.1 Å². The number of sulfonamides is 1. The van der Waals surface area contributed by atoms with Crippen molar-refractivity contribution in [1.82, 2.24) is 15.0 Å². The SMILES string of the molecule is CNCCNS(=O)(=O)c1cc(Cl)cnc1N. The fraction of sp³-hybridized carbons (Fsp3) is 0.375. The second-order valence-corrected chi connectivity index (χ2v) is 5.21. The van der Waals surface area contributed by atoms with Gasteiger partial charge in [0.1, 0.15) is 10.7 Å². The van der Waals surface area contributed by atoms with Crippen molar-refractivity contribution in [3.05, 3.63) is 17.3 Å². The molecule has 1 rings (SSSR count). The Morgan fingerprint density at radius 3 is 2.81 bits per heavy atom. The summed E-state index contributed by atoms with van der Waals surface area (Å²) in [5.74, 6) is -0.0682. The first-order valence-corrected chi connectivity index (χ1v) is 6.39. The van der Waals surface area contributed by atoms with Crippen LogP contribution in [0.3, 0.4) is 0 Å². The molecule has 0 aliphatic heterocycles. The quantitative estimate of drug-likeness (QED) is 0.641. The van der Waals surface area contributed by atoms with Crippen LogP contribution in [-0.4, -0.2) is 33.5 Å². The van der Waals surface area contributed by atoms with Gasteiger partial charge in [0, 0.05) is 19.3 Å². The van der Waals surface area contributed by atoms with Crippen molar-refractivity contribution in [2.24, 2.45) is 0 Å². The van der Waals surface area contributed by atoms with E-state index in [1.165, 1.54) is 12.3 Å². The van der Waals surface area contributed by atoms with E-state index >= 15 is 0 Å². The summed E-state index contributed by atoms with van der Waals surface area (Å²) in [5.41, 5.74) is 5.48. The van der Waals surface area contributed by atoms with E-state index in [1.54, 1.807) is 7.05 Å². The number of nitrogens with two attached hydrogens (primary N) is 1. The number of halogens is 1. The third-order valence-corrected chi connectivity index (χ3v) is 3.50. The molecule has 90 valence electrons. The van der Waals surface area contributed by atoms with Gasteiger partial charge in [0.25, 0.3) is 0 Å². The van der Waals surface area contributed by atoms with E-state index in [0.717, 1.165) is 0 Å². The minimum Gasteiger partial charge on any atom is -0.383 e. The van der Waals surface area contributed by atoms with Crippen LogP contribution in [-0.2, 0) is 10.0 Å². The van der Waals surface area contributed by atoms with E-state index in [9.17, 15) is 8.42 Å². The zero-order valence-corrected chi connectivity index (χ0v) is 10.3. The Hall–Kier alpha value is -0.890. The lowest BCUT2D eigenvalue weighted by atomic mass is 10.5. The molecule has 0 unspecified atom stereocenters. The van der Waals surface area contributed by atoms with Crippen LogP contribution in [0.5, 0.6) is 0 Å². The van der Waals surface area contributed by atoms with Crippen molar-refractivity contribution in [3.8, 4) is 0 Å². The lowest BCUT2D eigenvalue weighted by Crippen LogP contribution is -2.31. The highest BCUT2D eigenvalue weighted by atomic mass is 35.5. The van der Waals surface area contributed by atoms with Crippen molar-refractivity contribution >= 4 is 27.4 Å². The van der Waals surface area contributed by atoms with Crippen molar-refractivity contribution in [3.63, 3.8) is 0 Å². The van der Waals surface area contributed by atoms with Gasteiger partial charge in [-0.25, -0.2) is 18.1 Å². The maximum absolute atomic E-state index is 11.8. The molecule has 0 amide bonds. The average molecular weight is 265 g/mol. The highest BCUT2D eigenvalue weighted by Crippen LogP contribution is 2.19. The maximum atomic E-state index is 11.8. The van der Waals surface area contributed by atoms with Crippen LogP contribution < -0.4 is 15.8 Å². The molecule has 0 bridgehead atoms. The molecule has 0 atom stereocenters. The number of nitrogens with one attached hydrogen (secondary N) is 2. The molecule has 1 aromatic rings. The molecule has 16 heavy (non-hydrogen) atoms. The molecule has 4 N–H and O–H groups in total. The number of hydrogen-bond donors (Lipinski definition) is 3. The van der Waals surface area contributed by atoms with Crippen LogP contribution >= 0.6 is 11.6 Å². The molecular weight excluding hydrogens is 252 g/mol. The van der Waals surface area contributed by atoms with E-state index in [-0.39, 0.29) is 22.3 Å². The molecule has 0 aromatic carbocycles. The summed E-state index contributed by atoms with van der Waals surface area (Å²) < 4.78 is 25.9. The minimum atomic E-state index is -3.65. The molecule has 0 aliphatic rings. The first-order valence-electron chi connectivity index (χ1n) is 4.52. The molecule has 0 aliphatic carbocycles. The molecule has 0 radical (unpaired) electrons. The Labute approximate surface area is 99.2 Å². The summed E-state index contributed by atoms with van der Waals surface area (Å²) in [5, 5.41) is 3.04. The lowest BCUT2D eigenvalue weighted by Gasteiger charge is -2.08. The van der Waals surface area contributed by atoms with Crippen molar-refractivity contribution in [1.29, 1.82) is 0 Å². The molecule has 0 fully saturated rings. The molecule has 8 heteroatoms. The Bertz CT molecular complexity index is 463. The van der Waals surface area contributed by atoms with Gasteiger partial charge in [-0.05, 0) is 13.1 Å². The second-order valence-electron chi connectivity index (χ2n) is 3.04. The van der Waals surface area contributed by atoms with Crippen LogP contribution in [0.15, 0.2) is 17.2 Å². The standard InChI is InChI=1S/C8H13ClN4O2S/c1-11-2-3-13-16(14,15)7-4-6(9)5-12-8(7)10/h4-5,11,13H,2-3H2,1H3,(H2,10,12). The van der Waals surface area contributed by atoms with Gasteiger partial charge in [0.05, 0.1) is 5.02 Å². The topological polar surface area (TPSA) is 97.1 Å². The van der Waals surface area contributed by atoms with Gasteiger partial charge in [-0.15, -0.1) is 0 Å². The van der Waals surface area contributed by atoms with Crippen molar-refractivity contribution in [2.75, 3.05) is 25.9 Å². The molecule has 0 saturated heterocycles. The smallest absolute Gasteiger partial charge is 0.244 e. The second kappa shape index (κ2) is 5.44. The minimum absolute atomic E-state index is 0.0682. The number of nitrogens with zero attached hydrogens (tertiary/aromatic N) is 1. The van der Waals surface area contributed by atoms with Gasteiger partial charge in [-0.3, -0.25) is 0 Å². The number of anilines is 1. The van der Waals surface area contributed by atoms with Crippen LogP contribution in [0.1, 0.15) is 0 Å². The number of aromatic nitrogens is 1. The van der Waals surface area contributed by atoms with Gasteiger partial charge in [-0.1, -0.05) is 11.6 Å². The summed E-state index contributed by atoms with van der Waals surface area (Å²) in [6.07, 6.45) is 1.30. The summed E-state index contributed by atoms with van der Waals surface area (Å²) in [7, 11) is -1.92. The fourth-order valence-corrected chi connectivity index (χ4v) is 2.39. The van der Waals surface area contributed by atoms with E-state index in [0.29, 0.717) is 6.54 Å². The van der Waals surface area contributed by atoms with E-state index in [2.05, 4.69) is 15.0 Å². The number of hydrogen-bond acceptors (Lipinski definition) is 5. The average Bonchev–Trinajstić information content (AvgIpc) is 2.22. The zero-order valence-electron chi connectivity index (χ0n) is 8.70. The fourth-order valence-electron chi connectivity index (χ4n) is 1.03. The van der Waals surface area contributed by atoms with E-state index in [1.807, 2.05) is 0 Å². The van der Waals surface area contributed by atoms with Crippen LogP contribution in [0.25, 0.3) is 0 Å². The Balaban J connectivity index is 2.93. The molecule has 1 aromatic heterocycles. The van der Waals surface area contributed by atoms with Crippen molar-refractivity contribution < 1.29 is 8.42 Å². The third kappa shape index (κ3) is 3.31. The molecule has 0 saturated carbocycles. The van der Waals surface area contributed by atoms with Crippen LogP contribution in [0, 0.1) is 0 Å². The van der Waals surface area contributed by atoms with Gasteiger partial charge in [-0.2, -0.15) is 0 Å². The zero-order chi connectivity index (χ0) is 12.2. The van der Waals surface area contributed by atoms with Gasteiger partial charge in [0.15, 0.2) is 0 Å². The number of likely N-dealkylation sites (N-methyl/N-ethyl adjacent to an activating group) is 1. The molecule has 6 nitrogen and oxygen atoms in total. The highest BCUT2D eigenvalue weighted by molar-refractivity contribution is 7.89. The first kappa shape index (κ1) is 13.2. The first-order chi connectivity index (χ1) is 7.47. The lowest BCUT2D eigenvalue weighted by molar-refractivity contribution is 0.579. The number of rotatable bonds is 5. The summed E-state index contributed by atoms with van der Waals surface area (Å²) in [4.78, 5) is 3.58. The molecular formula is C8H13ClN4O2S. The monoisotopic (exact) mass is 264 g/mol. The molecule has 0 spiro atoms. The summed E-state index contributed by atoms with van der Waals surface area (Å²) >= 11 is 5.66. The maximum Gasteiger partial charge on any atom is 0.244 e. The van der Waals surface area contributed by atoms with Crippen LogP contribution in [0.4, 0.5) is 5.82 Å². The normalized spacial score (nSPS) is 11.6. The van der Waals surface area contributed by atoms with Crippen molar-refractivity contribution in [2.45, 2.75) is 4.90 Å².